The normalized spacial score (nSPS) is 15.1. The van der Waals surface area contributed by atoms with Crippen molar-refractivity contribution in [2.75, 3.05) is 6.61 Å². The van der Waals surface area contributed by atoms with Gasteiger partial charge in [-0.05, 0) is 19.8 Å². The summed E-state index contributed by atoms with van der Waals surface area (Å²) in [6.07, 6.45) is -0.659. The van der Waals surface area contributed by atoms with Crippen LogP contribution in [0.2, 0.25) is 0 Å². The first-order valence-electron chi connectivity index (χ1n) is 4.63. The Labute approximate surface area is 78.5 Å². The number of hydrogen-bond donors (Lipinski definition) is 2. The molecule has 0 bridgehead atoms. The van der Waals surface area contributed by atoms with Gasteiger partial charge in [0.25, 0.3) is 0 Å². The van der Waals surface area contributed by atoms with Gasteiger partial charge in [0, 0.05) is 6.42 Å². The van der Waals surface area contributed by atoms with Crippen LogP contribution in [-0.2, 0) is 9.53 Å². The maximum atomic E-state index is 10.8. The molecule has 4 heteroatoms. The molecule has 2 atom stereocenters. The summed E-state index contributed by atoms with van der Waals surface area (Å²) in [7, 11) is 0. The van der Waals surface area contributed by atoms with Gasteiger partial charge in [0.05, 0.1) is 18.8 Å². The monoisotopic (exact) mass is 190 g/mol. The van der Waals surface area contributed by atoms with Crippen molar-refractivity contribution in [1.82, 2.24) is 0 Å². The Morgan fingerprint density at radius 3 is 2.38 bits per heavy atom. The zero-order valence-electron chi connectivity index (χ0n) is 8.19. The van der Waals surface area contributed by atoms with Gasteiger partial charge < -0.3 is 14.9 Å². The Balaban J connectivity index is 3.57. The van der Waals surface area contributed by atoms with Crippen LogP contribution in [0.4, 0.5) is 0 Å². The molecule has 0 unspecified atom stereocenters. The van der Waals surface area contributed by atoms with Crippen molar-refractivity contribution in [1.29, 1.82) is 0 Å². The van der Waals surface area contributed by atoms with Crippen LogP contribution in [0.15, 0.2) is 0 Å². The molecule has 0 aromatic rings. The number of ether oxygens (including phenoxy) is 1. The van der Waals surface area contributed by atoms with E-state index in [9.17, 15) is 9.90 Å². The molecule has 0 aliphatic carbocycles. The van der Waals surface area contributed by atoms with E-state index in [-0.39, 0.29) is 18.8 Å². The third-order valence-electron chi connectivity index (χ3n) is 1.81. The first-order chi connectivity index (χ1) is 6.11. The van der Waals surface area contributed by atoms with Crippen LogP contribution >= 0.6 is 0 Å². The lowest BCUT2D eigenvalue weighted by molar-refractivity contribution is -0.144. The molecule has 0 amide bonds. The molecule has 0 heterocycles. The van der Waals surface area contributed by atoms with Gasteiger partial charge in [-0.25, -0.2) is 0 Å². The topological polar surface area (TPSA) is 66.8 Å². The number of esters is 1. The van der Waals surface area contributed by atoms with Crippen LogP contribution in [0.5, 0.6) is 0 Å². The van der Waals surface area contributed by atoms with Crippen molar-refractivity contribution in [2.45, 2.75) is 45.3 Å². The summed E-state index contributed by atoms with van der Waals surface area (Å²) < 4.78 is 4.67. The quantitative estimate of drug-likeness (QED) is 0.597. The fraction of sp³-hybridized carbons (Fsp3) is 0.889. The third kappa shape index (κ3) is 5.60. The highest BCUT2D eigenvalue weighted by atomic mass is 16.5. The second kappa shape index (κ2) is 6.86. The summed E-state index contributed by atoms with van der Waals surface area (Å²) in [6, 6.07) is 0. The molecule has 0 spiro atoms. The van der Waals surface area contributed by atoms with E-state index in [0.29, 0.717) is 13.0 Å². The van der Waals surface area contributed by atoms with Gasteiger partial charge in [0.15, 0.2) is 0 Å². The molecule has 0 rings (SSSR count). The van der Waals surface area contributed by atoms with Crippen molar-refractivity contribution >= 4 is 5.97 Å². The number of rotatable bonds is 6. The average molecular weight is 190 g/mol. The lowest BCUT2D eigenvalue weighted by Crippen LogP contribution is -2.25. The van der Waals surface area contributed by atoms with Crippen molar-refractivity contribution in [3.05, 3.63) is 0 Å². The minimum atomic E-state index is -0.825. The Bertz CT molecular complexity index is 147. The van der Waals surface area contributed by atoms with E-state index in [1.54, 1.807) is 13.8 Å². The molecule has 0 aromatic heterocycles. The molecule has 78 valence electrons. The zero-order chi connectivity index (χ0) is 10.3. The van der Waals surface area contributed by atoms with Crippen molar-refractivity contribution in [3.8, 4) is 0 Å². The average Bonchev–Trinajstić information content (AvgIpc) is 2.13. The Morgan fingerprint density at radius 1 is 1.31 bits per heavy atom. The van der Waals surface area contributed by atoms with Crippen LogP contribution in [0, 0.1) is 0 Å². The van der Waals surface area contributed by atoms with E-state index in [2.05, 4.69) is 4.74 Å². The van der Waals surface area contributed by atoms with Gasteiger partial charge in [-0.1, -0.05) is 6.92 Å². The standard InChI is InChI=1S/C9H18O4/c1-3-7(10)8(11)5-6-9(12)13-4-2/h7-8,10-11H,3-6H2,1-2H3/t7-,8-/m1/s1. The lowest BCUT2D eigenvalue weighted by atomic mass is 10.1. The summed E-state index contributed by atoms with van der Waals surface area (Å²) in [5.41, 5.74) is 0. The molecule has 0 aliphatic rings. The Hall–Kier alpha value is -0.610. The minimum absolute atomic E-state index is 0.159. The van der Waals surface area contributed by atoms with E-state index in [1.165, 1.54) is 0 Å². The smallest absolute Gasteiger partial charge is 0.305 e. The number of aliphatic hydroxyl groups is 2. The summed E-state index contributed by atoms with van der Waals surface area (Å²) in [5, 5.41) is 18.4. The first kappa shape index (κ1) is 12.4. The number of carbonyl (C=O) groups is 1. The second-order valence-electron chi connectivity index (χ2n) is 2.89. The van der Waals surface area contributed by atoms with Gasteiger partial charge >= 0.3 is 5.97 Å². The zero-order valence-corrected chi connectivity index (χ0v) is 8.19. The van der Waals surface area contributed by atoms with Crippen LogP contribution in [0.1, 0.15) is 33.1 Å². The molecule has 13 heavy (non-hydrogen) atoms. The van der Waals surface area contributed by atoms with Crippen LogP contribution in [0.25, 0.3) is 0 Å². The van der Waals surface area contributed by atoms with Crippen molar-refractivity contribution in [3.63, 3.8) is 0 Å². The highest BCUT2D eigenvalue weighted by Crippen LogP contribution is 2.06. The predicted octanol–water partition coefficient (Wildman–Crippen LogP) is 0.461. The molecule has 2 N–H and O–H groups in total. The second-order valence-corrected chi connectivity index (χ2v) is 2.89. The summed E-state index contributed by atoms with van der Waals surface area (Å²) in [6.45, 7) is 3.86. The van der Waals surface area contributed by atoms with E-state index >= 15 is 0 Å². The van der Waals surface area contributed by atoms with E-state index in [4.69, 9.17) is 5.11 Å². The number of aliphatic hydroxyl groups excluding tert-OH is 2. The van der Waals surface area contributed by atoms with E-state index < -0.39 is 12.2 Å². The molecule has 4 nitrogen and oxygen atoms in total. The fourth-order valence-corrected chi connectivity index (χ4v) is 0.963. The largest absolute Gasteiger partial charge is 0.466 e. The van der Waals surface area contributed by atoms with Crippen molar-refractivity contribution < 1.29 is 19.7 Å². The van der Waals surface area contributed by atoms with Crippen molar-refractivity contribution in [2.24, 2.45) is 0 Å². The number of carbonyl (C=O) groups excluding carboxylic acids is 1. The van der Waals surface area contributed by atoms with Gasteiger partial charge in [0.2, 0.25) is 0 Å². The van der Waals surface area contributed by atoms with E-state index in [0.717, 1.165) is 0 Å². The molecule has 0 radical (unpaired) electrons. The third-order valence-corrected chi connectivity index (χ3v) is 1.81. The maximum absolute atomic E-state index is 10.8. The molecule has 0 fully saturated rings. The summed E-state index contributed by atoms with van der Waals surface area (Å²) >= 11 is 0. The first-order valence-corrected chi connectivity index (χ1v) is 4.63. The molecule has 0 saturated heterocycles. The molecular formula is C9H18O4. The fourth-order valence-electron chi connectivity index (χ4n) is 0.963. The Morgan fingerprint density at radius 2 is 1.92 bits per heavy atom. The highest BCUT2D eigenvalue weighted by Gasteiger charge is 2.15. The molecule has 0 saturated carbocycles. The van der Waals surface area contributed by atoms with E-state index in [1.807, 2.05) is 0 Å². The van der Waals surface area contributed by atoms with Crippen LogP contribution in [-0.4, -0.2) is 35.0 Å². The van der Waals surface area contributed by atoms with Gasteiger partial charge in [-0.2, -0.15) is 0 Å². The van der Waals surface area contributed by atoms with Crippen LogP contribution < -0.4 is 0 Å². The van der Waals surface area contributed by atoms with Gasteiger partial charge in [-0.15, -0.1) is 0 Å². The van der Waals surface area contributed by atoms with Gasteiger partial charge in [0.1, 0.15) is 0 Å². The van der Waals surface area contributed by atoms with Gasteiger partial charge in [-0.3, -0.25) is 4.79 Å². The maximum Gasteiger partial charge on any atom is 0.305 e. The van der Waals surface area contributed by atoms with Crippen LogP contribution in [0.3, 0.4) is 0 Å². The molecule has 0 aliphatic heterocycles. The SMILES string of the molecule is CCOC(=O)CC[C@@H](O)[C@H](O)CC. The molecule has 0 aromatic carbocycles. The predicted molar refractivity (Wildman–Crippen MR) is 48.2 cm³/mol. The molecular weight excluding hydrogens is 172 g/mol. The summed E-state index contributed by atoms with van der Waals surface area (Å²) in [5.74, 6) is -0.329. The summed E-state index contributed by atoms with van der Waals surface area (Å²) in [4.78, 5) is 10.8. The minimum Gasteiger partial charge on any atom is -0.466 e. The number of hydrogen-bond acceptors (Lipinski definition) is 4. The highest BCUT2D eigenvalue weighted by molar-refractivity contribution is 5.69. The lowest BCUT2D eigenvalue weighted by Gasteiger charge is -2.14. The Kier molecular flexibility index (Phi) is 6.54.